The zero-order chi connectivity index (χ0) is 11.4. The van der Waals surface area contributed by atoms with E-state index >= 15 is 0 Å². The first-order valence-electron chi connectivity index (χ1n) is 5.78. The number of nitrogens with zero attached hydrogens (tertiary/aromatic N) is 2. The molecule has 0 aromatic carbocycles. The Kier molecular flexibility index (Phi) is 4.04. The molecule has 0 amide bonds. The molecular weight excluding hydrogens is 268 g/mol. The Morgan fingerprint density at radius 2 is 2.50 bits per heavy atom. The molecule has 1 atom stereocenters. The third-order valence-corrected chi connectivity index (χ3v) is 3.39. The Hall–Kier alpha value is -0.770. The van der Waals surface area contributed by atoms with Crippen molar-refractivity contribution in [3.63, 3.8) is 0 Å². The summed E-state index contributed by atoms with van der Waals surface area (Å²) in [6.07, 6.45) is 4.02. The fraction of sp³-hybridized carbons (Fsp3) is 0.583. The molecule has 4 heteroatoms. The number of hydrogen-bond donors (Lipinski definition) is 0. The lowest BCUT2D eigenvalue weighted by molar-refractivity contribution is 0.316. The van der Waals surface area contributed by atoms with Gasteiger partial charge in [-0.25, -0.2) is 4.98 Å². The minimum Gasteiger partial charge on any atom is -0.490 e. The molecule has 1 saturated heterocycles. The van der Waals surface area contributed by atoms with Gasteiger partial charge >= 0.3 is 0 Å². The summed E-state index contributed by atoms with van der Waals surface area (Å²) in [6.45, 7) is 4.93. The summed E-state index contributed by atoms with van der Waals surface area (Å²) in [5, 5.41) is 0. The molecule has 1 aromatic rings. The summed E-state index contributed by atoms with van der Waals surface area (Å²) in [5.41, 5.74) is 0. The van der Waals surface area contributed by atoms with Crippen LogP contribution in [0.15, 0.2) is 18.3 Å². The van der Waals surface area contributed by atoms with Gasteiger partial charge in [-0.2, -0.15) is 0 Å². The number of rotatable bonds is 4. The van der Waals surface area contributed by atoms with Gasteiger partial charge in [0.05, 0.1) is 6.61 Å². The second kappa shape index (κ2) is 5.53. The van der Waals surface area contributed by atoms with Gasteiger partial charge in [-0.1, -0.05) is 22.9 Å². The molecule has 1 aliphatic heterocycles. The molecule has 1 fully saturated rings. The SMILES string of the molecule is CCCOc1cccnc1N1CCC(Br)C1. The first kappa shape index (κ1) is 11.7. The predicted molar refractivity (Wildman–Crippen MR) is 69.6 cm³/mol. The van der Waals surface area contributed by atoms with Crippen LogP contribution in [-0.4, -0.2) is 29.5 Å². The number of anilines is 1. The van der Waals surface area contributed by atoms with Crippen LogP contribution in [0.4, 0.5) is 5.82 Å². The van der Waals surface area contributed by atoms with E-state index in [-0.39, 0.29) is 0 Å². The van der Waals surface area contributed by atoms with Crippen LogP contribution in [0.25, 0.3) is 0 Å². The standard InChI is InChI=1S/C12H17BrN2O/c1-2-8-16-11-4-3-6-14-12(11)15-7-5-10(13)9-15/h3-4,6,10H,2,5,7-9H2,1H3. The first-order valence-corrected chi connectivity index (χ1v) is 6.69. The van der Waals surface area contributed by atoms with Gasteiger partial charge < -0.3 is 9.64 Å². The number of alkyl halides is 1. The third-order valence-electron chi connectivity index (χ3n) is 2.64. The maximum Gasteiger partial charge on any atom is 0.171 e. The molecule has 0 saturated carbocycles. The highest BCUT2D eigenvalue weighted by atomic mass is 79.9. The predicted octanol–water partition coefficient (Wildman–Crippen LogP) is 2.84. The molecule has 0 radical (unpaired) electrons. The van der Waals surface area contributed by atoms with Crippen molar-refractivity contribution in [1.29, 1.82) is 0 Å². The van der Waals surface area contributed by atoms with E-state index in [4.69, 9.17) is 4.74 Å². The van der Waals surface area contributed by atoms with Gasteiger partial charge in [-0.15, -0.1) is 0 Å². The zero-order valence-corrected chi connectivity index (χ0v) is 11.1. The van der Waals surface area contributed by atoms with Gasteiger partial charge in [0.25, 0.3) is 0 Å². The molecule has 0 N–H and O–H groups in total. The van der Waals surface area contributed by atoms with E-state index in [0.717, 1.165) is 37.7 Å². The quantitative estimate of drug-likeness (QED) is 0.795. The summed E-state index contributed by atoms with van der Waals surface area (Å²) < 4.78 is 5.71. The highest BCUT2D eigenvalue weighted by Crippen LogP contribution is 2.29. The molecule has 1 aromatic heterocycles. The molecule has 2 rings (SSSR count). The summed E-state index contributed by atoms with van der Waals surface area (Å²) >= 11 is 3.64. The second-order valence-electron chi connectivity index (χ2n) is 4.01. The van der Waals surface area contributed by atoms with Gasteiger partial charge in [0.1, 0.15) is 0 Å². The number of halogens is 1. The van der Waals surface area contributed by atoms with E-state index in [9.17, 15) is 0 Å². The highest BCUT2D eigenvalue weighted by Gasteiger charge is 2.23. The van der Waals surface area contributed by atoms with Crippen LogP contribution in [0.3, 0.4) is 0 Å². The normalized spacial score (nSPS) is 20.1. The fourth-order valence-corrected chi connectivity index (χ4v) is 2.41. The zero-order valence-electron chi connectivity index (χ0n) is 9.53. The molecule has 0 spiro atoms. The van der Waals surface area contributed by atoms with Crippen molar-refractivity contribution >= 4 is 21.7 Å². The van der Waals surface area contributed by atoms with Crippen LogP contribution in [0.1, 0.15) is 19.8 Å². The molecule has 1 unspecified atom stereocenters. The largest absolute Gasteiger partial charge is 0.490 e. The van der Waals surface area contributed by atoms with Crippen molar-refractivity contribution in [2.45, 2.75) is 24.6 Å². The summed E-state index contributed by atoms with van der Waals surface area (Å²) in [6, 6.07) is 3.93. The lowest BCUT2D eigenvalue weighted by Gasteiger charge is -2.19. The Labute approximate surface area is 105 Å². The number of pyridine rings is 1. The maximum atomic E-state index is 5.71. The third kappa shape index (κ3) is 2.67. The topological polar surface area (TPSA) is 25.4 Å². The van der Waals surface area contributed by atoms with Crippen molar-refractivity contribution in [3.05, 3.63) is 18.3 Å². The maximum absolute atomic E-state index is 5.71. The average Bonchev–Trinajstić information content (AvgIpc) is 2.73. The van der Waals surface area contributed by atoms with E-state index in [1.165, 1.54) is 6.42 Å². The second-order valence-corrected chi connectivity index (χ2v) is 5.30. The number of hydrogen-bond acceptors (Lipinski definition) is 3. The Morgan fingerprint density at radius 3 is 3.19 bits per heavy atom. The molecule has 16 heavy (non-hydrogen) atoms. The van der Waals surface area contributed by atoms with Gasteiger partial charge in [0.15, 0.2) is 11.6 Å². The minimum absolute atomic E-state index is 0.577. The average molecular weight is 285 g/mol. The van der Waals surface area contributed by atoms with Gasteiger partial charge in [-0.05, 0) is 25.0 Å². The van der Waals surface area contributed by atoms with Crippen molar-refractivity contribution in [3.8, 4) is 5.75 Å². The fourth-order valence-electron chi connectivity index (χ4n) is 1.85. The summed E-state index contributed by atoms with van der Waals surface area (Å²) in [7, 11) is 0. The van der Waals surface area contributed by atoms with Crippen LogP contribution in [0.2, 0.25) is 0 Å². The monoisotopic (exact) mass is 284 g/mol. The number of aromatic nitrogens is 1. The van der Waals surface area contributed by atoms with Crippen molar-refractivity contribution in [1.82, 2.24) is 4.98 Å². The van der Waals surface area contributed by atoms with Crippen molar-refractivity contribution < 1.29 is 4.74 Å². The van der Waals surface area contributed by atoms with E-state index in [1.807, 2.05) is 18.3 Å². The Morgan fingerprint density at radius 1 is 1.62 bits per heavy atom. The van der Waals surface area contributed by atoms with Crippen molar-refractivity contribution in [2.24, 2.45) is 0 Å². The molecular formula is C12H17BrN2O. The summed E-state index contributed by atoms with van der Waals surface area (Å²) in [5.74, 6) is 1.89. The molecule has 3 nitrogen and oxygen atoms in total. The minimum atomic E-state index is 0.577. The summed E-state index contributed by atoms with van der Waals surface area (Å²) in [4.78, 5) is 7.29. The van der Waals surface area contributed by atoms with Crippen LogP contribution in [0, 0.1) is 0 Å². The first-order chi connectivity index (χ1) is 7.81. The molecule has 2 heterocycles. The highest BCUT2D eigenvalue weighted by molar-refractivity contribution is 9.09. The van der Waals surface area contributed by atoms with Crippen LogP contribution in [-0.2, 0) is 0 Å². The molecule has 88 valence electrons. The molecule has 0 bridgehead atoms. The van der Waals surface area contributed by atoms with Crippen LogP contribution < -0.4 is 9.64 Å². The van der Waals surface area contributed by atoms with Crippen LogP contribution in [0.5, 0.6) is 5.75 Å². The Bertz CT molecular complexity index is 346. The van der Waals surface area contributed by atoms with Crippen LogP contribution >= 0.6 is 15.9 Å². The van der Waals surface area contributed by atoms with Gasteiger partial charge in [0, 0.05) is 24.1 Å². The van der Waals surface area contributed by atoms with Gasteiger partial charge in [-0.3, -0.25) is 0 Å². The van der Waals surface area contributed by atoms with Crippen molar-refractivity contribution in [2.75, 3.05) is 24.6 Å². The van der Waals surface area contributed by atoms with E-state index < -0.39 is 0 Å². The lowest BCUT2D eigenvalue weighted by Crippen LogP contribution is -2.21. The smallest absolute Gasteiger partial charge is 0.171 e. The van der Waals surface area contributed by atoms with E-state index in [0.29, 0.717) is 4.83 Å². The van der Waals surface area contributed by atoms with Gasteiger partial charge in [0.2, 0.25) is 0 Å². The van der Waals surface area contributed by atoms with E-state index in [1.54, 1.807) is 0 Å². The molecule has 1 aliphatic rings. The number of ether oxygens (including phenoxy) is 1. The Balaban J connectivity index is 2.12. The van der Waals surface area contributed by atoms with E-state index in [2.05, 4.69) is 32.7 Å². The molecule has 0 aliphatic carbocycles. The lowest BCUT2D eigenvalue weighted by atomic mass is 10.4.